The van der Waals surface area contributed by atoms with Crippen LogP contribution in [0.3, 0.4) is 0 Å². The molecule has 3 rings (SSSR count). The van der Waals surface area contributed by atoms with Crippen molar-refractivity contribution in [3.05, 3.63) is 23.8 Å². The molecule has 1 saturated carbocycles. The van der Waals surface area contributed by atoms with Gasteiger partial charge in [0.25, 0.3) is 0 Å². The second-order valence-corrected chi connectivity index (χ2v) is 4.80. The lowest BCUT2D eigenvalue weighted by Gasteiger charge is -2.22. The first-order valence-electron chi connectivity index (χ1n) is 6.54. The predicted octanol–water partition coefficient (Wildman–Crippen LogP) is 2.49. The molecule has 1 heterocycles. The molecule has 0 unspecified atom stereocenters. The minimum Gasteiger partial charge on any atom is -0.486 e. The number of ether oxygens (including phenoxy) is 2. The molecule has 0 atom stereocenters. The largest absolute Gasteiger partial charge is 0.486 e. The van der Waals surface area contributed by atoms with Gasteiger partial charge in [-0.2, -0.15) is 0 Å². The number of nitrogens with one attached hydrogen (secondary N) is 1. The molecule has 0 bridgehead atoms. The molecule has 0 amide bonds. The van der Waals surface area contributed by atoms with Crippen LogP contribution >= 0.6 is 0 Å². The van der Waals surface area contributed by atoms with Gasteiger partial charge in [-0.1, -0.05) is 25.0 Å². The van der Waals surface area contributed by atoms with Crippen LogP contribution in [0.5, 0.6) is 11.5 Å². The van der Waals surface area contributed by atoms with Crippen LogP contribution in [0.2, 0.25) is 0 Å². The lowest BCUT2D eigenvalue weighted by Crippen LogP contribution is -2.26. The quantitative estimate of drug-likeness (QED) is 0.870. The van der Waals surface area contributed by atoms with Crippen molar-refractivity contribution in [3.63, 3.8) is 0 Å². The fourth-order valence-electron chi connectivity index (χ4n) is 2.66. The fraction of sp³-hybridized carbons (Fsp3) is 0.571. The third-order valence-corrected chi connectivity index (χ3v) is 3.58. The van der Waals surface area contributed by atoms with E-state index in [1.807, 2.05) is 12.1 Å². The second kappa shape index (κ2) is 4.96. The number of para-hydroxylation sites is 1. The average molecular weight is 233 g/mol. The highest BCUT2D eigenvalue weighted by Gasteiger charge is 2.18. The molecule has 1 aliphatic heterocycles. The third-order valence-electron chi connectivity index (χ3n) is 3.58. The summed E-state index contributed by atoms with van der Waals surface area (Å²) in [5.74, 6) is 1.83. The molecule has 17 heavy (non-hydrogen) atoms. The monoisotopic (exact) mass is 233 g/mol. The molecule has 1 aromatic carbocycles. The average Bonchev–Trinajstić information content (AvgIpc) is 2.89. The highest BCUT2D eigenvalue weighted by atomic mass is 16.6. The maximum Gasteiger partial charge on any atom is 0.165 e. The third kappa shape index (κ3) is 2.39. The summed E-state index contributed by atoms with van der Waals surface area (Å²) in [4.78, 5) is 0. The maximum absolute atomic E-state index is 5.70. The van der Waals surface area contributed by atoms with Gasteiger partial charge >= 0.3 is 0 Å². The molecule has 3 heteroatoms. The Balaban J connectivity index is 1.69. The Labute approximate surface area is 102 Å². The summed E-state index contributed by atoms with van der Waals surface area (Å²) in [6, 6.07) is 6.83. The van der Waals surface area contributed by atoms with Crippen LogP contribution in [-0.2, 0) is 6.54 Å². The lowest BCUT2D eigenvalue weighted by atomic mass is 10.1. The molecule has 1 N–H and O–H groups in total. The molecule has 2 aliphatic rings. The summed E-state index contributed by atoms with van der Waals surface area (Å²) in [5, 5.41) is 3.61. The Morgan fingerprint density at radius 3 is 2.82 bits per heavy atom. The van der Waals surface area contributed by atoms with E-state index in [9.17, 15) is 0 Å². The summed E-state index contributed by atoms with van der Waals surface area (Å²) in [7, 11) is 0. The van der Waals surface area contributed by atoms with Crippen molar-refractivity contribution < 1.29 is 9.47 Å². The summed E-state index contributed by atoms with van der Waals surface area (Å²) < 4.78 is 11.3. The topological polar surface area (TPSA) is 30.5 Å². The van der Waals surface area contributed by atoms with E-state index in [-0.39, 0.29) is 0 Å². The zero-order valence-corrected chi connectivity index (χ0v) is 10.1. The van der Waals surface area contributed by atoms with Crippen LogP contribution in [0, 0.1) is 0 Å². The zero-order chi connectivity index (χ0) is 11.5. The highest BCUT2D eigenvalue weighted by molar-refractivity contribution is 5.47. The van der Waals surface area contributed by atoms with Crippen molar-refractivity contribution in [2.24, 2.45) is 0 Å². The first-order valence-corrected chi connectivity index (χ1v) is 6.54. The molecule has 0 spiro atoms. The first-order chi connectivity index (χ1) is 8.43. The molecule has 92 valence electrons. The van der Waals surface area contributed by atoms with Gasteiger partial charge in [-0.05, 0) is 18.9 Å². The van der Waals surface area contributed by atoms with E-state index in [1.54, 1.807) is 0 Å². The molecule has 1 fully saturated rings. The number of hydrogen-bond acceptors (Lipinski definition) is 3. The van der Waals surface area contributed by atoms with Crippen molar-refractivity contribution >= 4 is 0 Å². The Kier molecular flexibility index (Phi) is 3.18. The SMILES string of the molecule is c1cc(CNC2CCCC2)c2c(c1)OCCO2. The second-order valence-electron chi connectivity index (χ2n) is 4.80. The van der Waals surface area contributed by atoms with Gasteiger partial charge in [-0.25, -0.2) is 0 Å². The number of benzene rings is 1. The van der Waals surface area contributed by atoms with Crippen molar-refractivity contribution in [1.29, 1.82) is 0 Å². The van der Waals surface area contributed by atoms with Crippen LogP contribution in [0.4, 0.5) is 0 Å². The van der Waals surface area contributed by atoms with E-state index in [4.69, 9.17) is 9.47 Å². The molecule has 0 saturated heterocycles. The number of rotatable bonds is 3. The molecular weight excluding hydrogens is 214 g/mol. The maximum atomic E-state index is 5.70. The van der Waals surface area contributed by atoms with Crippen LogP contribution in [0.1, 0.15) is 31.2 Å². The van der Waals surface area contributed by atoms with Crippen molar-refractivity contribution in [1.82, 2.24) is 5.32 Å². The predicted molar refractivity (Wildman–Crippen MR) is 66.5 cm³/mol. The van der Waals surface area contributed by atoms with Gasteiger partial charge in [-0.3, -0.25) is 0 Å². The first kappa shape index (κ1) is 10.9. The van der Waals surface area contributed by atoms with Gasteiger partial charge in [0.05, 0.1) is 0 Å². The minimum absolute atomic E-state index is 0.659. The van der Waals surface area contributed by atoms with E-state index in [1.165, 1.54) is 31.2 Å². The van der Waals surface area contributed by atoms with Gasteiger partial charge in [0.2, 0.25) is 0 Å². The van der Waals surface area contributed by atoms with Gasteiger partial charge < -0.3 is 14.8 Å². The van der Waals surface area contributed by atoms with E-state index < -0.39 is 0 Å². The summed E-state index contributed by atoms with van der Waals surface area (Å²) in [5.41, 5.74) is 1.22. The van der Waals surface area contributed by atoms with Crippen molar-refractivity contribution in [2.75, 3.05) is 13.2 Å². The van der Waals surface area contributed by atoms with E-state index >= 15 is 0 Å². The van der Waals surface area contributed by atoms with Crippen LogP contribution in [0.15, 0.2) is 18.2 Å². The van der Waals surface area contributed by atoms with E-state index in [0.29, 0.717) is 19.3 Å². The molecule has 1 aliphatic carbocycles. The van der Waals surface area contributed by atoms with Gasteiger partial charge in [0.1, 0.15) is 13.2 Å². The Hall–Kier alpha value is -1.22. The standard InChI is InChI=1S/C14H19NO2/c1-2-6-12(5-1)15-10-11-4-3-7-13-14(11)17-9-8-16-13/h3-4,7,12,15H,1-2,5-6,8-10H2. The molecule has 1 aromatic rings. The van der Waals surface area contributed by atoms with Crippen molar-refractivity contribution in [2.45, 2.75) is 38.3 Å². The summed E-state index contributed by atoms with van der Waals surface area (Å²) in [6.45, 7) is 2.21. The summed E-state index contributed by atoms with van der Waals surface area (Å²) in [6.07, 6.45) is 5.35. The van der Waals surface area contributed by atoms with Gasteiger partial charge in [-0.15, -0.1) is 0 Å². The van der Waals surface area contributed by atoms with Gasteiger partial charge in [0.15, 0.2) is 11.5 Å². The molecule has 3 nitrogen and oxygen atoms in total. The normalized spacial score (nSPS) is 19.5. The van der Waals surface area contributed by atoms with E-state index in [0.717, 1.165) is 18.0 Å². The smallest absolute Gasteiger partial charge is 0.165 e. The summed E-state index contributed by atoms with van der Waals surface area (Å²) >= 11 is 0. The minimum atomic E-state index is 0.659. The van der Waals surface area contributed by atoms with Crippen LogP contribution in [-0.4, -0.2) is 19.3 Å². The highest BCUT2D eigenvalue weighted by Crippen LogP contribution is 2.33. The Morgan fingerprint density at radius 1 is 1.12 bits per heavy atom. The zero-order valence-electron chi connectivity index (χ0n) is 10.1. The van der Waals surface area contributed by atoms with Crippen LogP contribution < -0.4 is 14.8 Å². The molecular formula is C14H19NO2. The Morgan fingerprint density at radius 2 is 1.94 bits per heavy atom. The number of fused-ring (bicyclic) bond motifs is 1. The molecule has 0 radical (unpaired) electrons. The van der Waals surface area contributed by atoms with Crippen LogP contribution in [0.25, 0.3) is 0 Å². The fourth-order valence-corrected chi connectivity index (χ4v) is 2.66. The lowest BCUT2D eigenvalue weighted by molar-refractivity contribution is 0.169. The molecule has 0 aromatic heterocycles. The number of hydrogen-bond donors (Lipinski definition) is 1. The van der Waals surface area contributed by atoms with E-state index in [2.05, 4.69) is 11.4 Å². The van der Waals surface area contributed by atoms with Crippen molar-refractivity contribution in [3.8, 4) is 11.5 Å². The Bertz CT molecular complexity index is 386. The van der Waals surface area contributed by atoms with Gasteiger partial charge in [0, 0.05) is 18.2 Å².